The lowest BCUT2D eigenvalue weighted by molar-refractivity contribution is -0.134. The van der Waals surface area contributed by atoms with E-state index in [1.165, 1.54) is 0 Å². The minimum Gasteiger partial charge on any atom is -0.380 e. The van der Waals surface area contributed by atoms with Gasteiger partial charge in [-0.25, -0.2) is 0 Å². The van der Waals surface area contributed by atoms with Gasteiger partial charge in [-0.2, -0.15) is 5.21 Å². The van der Waals surface area contributed by atoms with E-state index in [1.54, 1.807) is 0 Å². The van der Waals surface area contributed by atoms with Crippen LogP contribution >= 0.6 is 0 Å². The summed E-state index contributed by atoms with van der Waals surface area (Å²) in [5.74, 6) is -1.53. The zero-order valence-electron chi connectivity index (χ0n) is 8.69. The van der Waals surface area contributed by atoms with E-state index in [0.29, 0.717) is 0 Å². The van der Waals surface area contributed by atoms with Crippen LogP contribution in [0.1, 0.15) is 23.3 Å². The van der Waals surface area contributed by atoms with Gasteiger partial charge in [0.25, 0.3) is 5.91 Å². The van der Waals surface area contributed by atoms with Crippen LogP contribution in [0.25, 0.3) is 0 Å². The Labute approximate surface area is 95.1 Å². The highest BCUT2D eigenvalue weighted by Crippen LogP contribution is 2.07. The number of anilines is 1. The van der Waals surface area contributed by atoms with Crippen molar-refractivity contribution in [3.05, 3.63) is 5.69 Å². The minimum absolute atomic E-state index is 0.0465. The van der Waals surface area contributed by atoms with Crippen LogP contribution in [-0.4, -0.2) is 39.2 Å². The first-order valence-corrected chi connectivity index (χ1v) is 4.88. The van der Waals surface area contributed by atoms with Crippen molar-refractivity contribution in [3.8, 4) is 0 Å². The smallest absolute Gasteiger partial charge is 0.276 e. The molecule has 9 heteroatoms. The third-order valence-electron chi connectivity index (χ3n) is 2.33. The first-order chi connectivity index (χ1) is 8.08. The number of amides is 3. The molecular weight excluding hydrogens is 228 g/mol. The van der Waals surface area contributed by atoms with Gasteiger partial charge in [0.15, 0.2) is 11.5 Å². The summed E-state index contributed by atoms with van der Waals surface area (Å²) in [6, 6.07) is -0.753. The summed E-state index contributed by atoms with van der Waals surface area (Å²) in [4.78, 5) is 33.9. The average Bonchev–Trinajstić information content (AvgIpc) is 2.68. The number of nitrogens with one attached hydrogen (secondary N) is 3. The molecule has 1 aromatic heterocycles. The second kappa shape index (κ2) is 4.20. The highest BCUT2D eigenvalue weighted by molar-refractivity contribution is 6.04. The number of aromatic nitrogens is 3. The fourth-order valence-corrected chi connectivity index (χ4v) is 1.46. The number of nitrogen functional groups attached to an aromatic ring is 1. The van der Waals surface area contributed by atoms with Crippen LogP contribution in [0.3, 0.4) is 0 Å². The van der Waals surface area contributed by atoms with E-state index in [-0.39, 0.29) is 30.3 Å². The summed E-state index contributed by atoms with van der Waals surface area (Å²) in [5, 5.41) is 13.8. The second-order valence-corrected chi connectivity index (χ2v) is 3.53. The fraction of sp³-hybridized carbons (Fsp3) is 0.375. The van der Waals surface area contributed by atoms with Gasteiger partial charge in [-0.1, -0.05) is 0 Å². The van der Waals surface area contributed by atoms with Crippen molar-refractivity contribution in [1.29, 1.82) is 0 Å². The number of rotatable bonds is 2. The van der Waals surface area contributed by atoms with Crippen molar-refractivity contribution >= 4 is 23.5 Å². The molecule has 2 rings (SSSR count). The zero-order chi connectivity index (χ0) is 12.4. The second-order valence-electron chi connectivity index (χ2n) is 3.53. The van der Waals surface area contributed by atoms with E-state index in [4.69, 9.17) is 5.73 Å². The molecule has 17 heavy (non-hydrogen) atoms. The third-order valence-corrected chi connectivity index (χ3v) is 2.33. The first kappa shape index (κ1) is 11.0. The Morgan fingerprint density at radius 1 is 1.41 bits per heavy atom. The molecule has 0 aliphatic carbocycles. The highest BCUT2D eigenvalue weighted by atomic mass is 16.2. The van der Waals surface area contributed by atoms with Crippen molar-refractivity contribution in [2.24, 2.45) is 0 Å². The molecule has 2 heterocycles. The Bertz CT molecular complexity index is 481. The molecule has 9 nitrogen and oxygen atoms in total. The first-order valence-electron chi connectivity index (χ1n) is 4.88. The molecule has 0 spiro atoms. The van der Waals surface area contributed by atoms with Gasteiger partial charge in [-0.15, -0.1) is 10.2 Å². The van der Waals surface area contributed by atoms with Gasteiger partial charge in [-0.3, -0.25) is 19.7 Å². The summed E-state index contributed by atoms with van der Waals surface area (Å²) in [6.07, 6.45) is 0.444. The summed E-state index contributed by atoms with van der Waals surface area (Å²) < 4.78 is 0. The monoisotopic (exact) mass is 238 g/mol. The topological polar surface area (TPSA) is 143 Å². The van der Waals surface area contributed by atoms with Crippen LogP contribution in [0.15, 0.2) is 0 Å². The summed E-state index contributed by atoms with van der Waals surface area (Å²) in [6.45, 7) is 0. The largest absolute Gasteiger partial charge is 0.380 e. The normalized spacial score (nSPS) is 19.9. The van der Waals surface area contributed by atoms with Crippen LogP contribution in [-0.2, 0) is 9.59 Å². The zero-order valence-corrected chi connectivity index (χ0v) is 8.69. The van der Waals surface area contributed by atoms with Crippen molar-refractivity contribution in [2.45, 2.75) is 18.9 Å². The molecule has 0 bridgehead atoms. The van der Waals surface area contributed by atoms with Crippen molar-refractivity contribution in [2.75, 3.05) is 5.73 Å². The van der Waals surface area contributed by atoms with Gasteiger partial charge < -0.3 is 11.1 Å². The number of carbonyl (C=O) groups is 3. The Morgan fingerprint density at radius 3 is 2.76 bits per heavy atom. The number of hydrogen-bond donors (Lipinski definition) is 4. The number of nitrogens with zero attached hydrogens (tertiary/aromatic N) is 2. The van der Waals surface area contributed by atoms with Crippen LogP contribution in [0.5, 0.6) is 0 Å². The quantitative estimate of drug-likeness (QED) is 0.435. The van der Waals surface area contributed by atoms with E-state index < -0.39 is 17.9 Å². The van der Waals surface area contributed by atoms with Crippen molar-refractivity contribution in [1.82, 2.24) is 26.0 Å². The lowest BCUT2D eigenvalue weighted by Crippen LogP contribution is -2.52. The van der Waals surface area contributed by atoms with Gasteiger partial charge in [-0.05, 0) is 6.42 Å². The molecule has 1 aromatic rings. The molecular formula is C8H10N6O3. The standard InChI is InChI=1S/C8H10N6O3/c9-6-5(12-14-13-6)8(17)10-3-1-2-4(15)11-7(3)16/h3H,1-2H2,(H,10,17)(H,11,15,16)(H3,9,12,13,14). The fourth-order valence-electron chi connectivity index (χ4n) is 1.46. The molecule has 0 radical (unpaired) electrons. The predicted octanol–water partition coefficient (Wildman–Crippen LogP) is -2.08. The maximum atomic E-state index is 11.6. The number of hydrogen-bond acceptors (Lipinski definition) is 6. The molecule has 1 saturated heterocycles. The highest BCUT2D eigenvalue weighted by Gasteiger charge is 2.29. The maximum Gasteiger partial charge on any atom is 0.276 e. The molecule has 1 aliphatic rings. The molecule has 3 amide bonds. The van der Waals surface area contributed by atoms with Gasteiger partial charge >= 0.3 is 0 Å². The van der Waals surface area contributed by atoms with Crippen LogP contribution < -0.4 is 16.4 Å². The molecule has 1 atom stereocenters. The number of aromatic amines is 1. The van der Waals surface area contributed by atoms with Crippen LogP contribution in [0.4, 0.5) is 5.82 Å². The molecule has 0 aromatic carbocycles. The van der Waals surface area contributed by atoms with E-state index in [9.17, 15) is 14.4 Å². The van der Waals surface area contributed by atoms with Gasteiger partial charge in [0, 0.05) is 6.42 Å². The molecule has 5 N–H and O–H groups in total. The number of piperidine rings is 1. The lowest BCUT2D eigenvalue weighted by atomic mass is 10.1. The predicted molar refractivity (Wildman–Crippen MR) is 54.4 cm³/mol. The van der Waals surface area contributed by atoms with E-state index >= 15 is 0 Å². The van der Waals surface area contributed by atoms with E-state index in [1.807, 2.05) is 0 Å². The minimum atomic E-state index is -0.753. The Balaban J connectivity index is 2.02. The van der Waals surface area contributed by atoms with E-state index in [2.05, 4.69) is 26.0 Å². The van der Waals surface area contributed by atoms with Crippen LogP contribution in [0, 0.1) is 0 Å². The summed E-state index contributed by atoms with van der Waals surface area (Å²) in [7, 11) is 0. The van der Waals surface area contributed by atoms with Gasteiger partial charge in [0.1, 0.15) is 6.04 Å². The lowest BCUT2D eigenvalue weighted by Gasteiger charge is -2.21. The summed E-state index contributed by atoms with van der Waals surface area (Å²) >= 11 is 0. The molecule has 1 fully saturated rings. The average molecular weight is 238 g/mol. The number of H-pyrrole nitrogens is 1. The van der Waals surface area contributed by atoms with Crippen molar-refractivity contribution in [3.63, 3.8) is 0 Å². The number of imide groups is 1. The van der Waals surface area contributed by atoms with Crippen molar-refractivity contribution < 1.29 is 14.4 Å². The summed E-state index contributed by atoms with van der Waals surface area (Å²) in [5.41, 5.74) is 5.31. The Hall–Kier alpha value is -2.45. The van der Waals surface area contributed by atoms with E-state index in [0.717, 1.165) is 0 Å². The maximum absolute atomic E-state index is 11.6. The molecule has 1 aliphatic heterocycles. The Kier molecular flexibility index (Phi) is 2.73. The number of carbonyl (C=O) groups excluding carboxylic acids is 3. The SMILES string of the molecule is Nc1n[nH]nc1C(=O)NC1CCC(=O)NC1=O. The molecule has 0 saturated carbocycles. The molecule has 1 unspecified atom stereocenters. The van der Waals surface area contributed by atoms with Crippen LogP contribution in [0.2, 0.25) is 0 Å². The van der Waals surface area contributed by atoms with Gasteiger partial charge in [0.05, 0.1) is 0 Å². The Morgan fingerprint density at radius 2 is 2.18 bits per heavy atom. The third kappa shape index (κ3) is 2.22. The van der Waals surface area contributed by atoms with Gasteiger partial charge in [0.2, 0.25) is 11.8 Å². The molecule has 90 valence electrons. The number of nitrogens with two attached hydrogens (primary N) is 1.